The van der Waals surface area contributed by atoms with E-state index in [2.05, 4.69) is 10.6 Å². The average molecular weight is 588 g/mol. The Balaban J connectivity index is 1.11. The van der Waals surface area contributed by atoms with Crippen molar-refractivity contribution >= 4 is 41.0 Å². The van der Waals surface area contributed by atoms with Crippen molar-refractivity contribution in [2.24, 2.45) is 41.4 Å². The van der Waals surface area contributed by atoms with Gasteiger partial charge in [0.15, 0.2) is 0 Å². The largest absolute Gasteiger partial charge is 0.355 e. The summed E-state index contributed by atoms with van der Waals surface area (Å²) >= 11 is 12.3. The molecule has 3 aromatic rings. The molecule has 2 amide bonds. The third-order valence-electron chi connectivity index (χ3n) is 11.5. The molecule has 0 unspecified atom stereocenters. The van der Waals surface area contributed by atoms with E-state index in [9.17, 15) is 14.4 Å². The number of nitrogens with one attached hydrogen (secondary N) is 2. The maximum Gasteiger partial charge on any atom is 0.263 e. The van der Waals surface area contributed by atoms with Crippen LogP contribution in [-0.2, 0) is 13.0 Å². The number of benzene rings is 2. The molecule has 0 spiro atoms. The summed E-state index contributed by atoms with van der Waals surface area (Å²) < 4.78 is 1.68. The van der Waals surface area contributed by atoms with Crippen LogP contribution in [-0.4, -0.2) is 44.9 Å². The highest BCUT2D eigenvalue weighted by Gasteiger charge is 3.04. The van der Waals surface area contributed by atoms with Crippen LogP contribution >= 0.6 is 23.2 Å². The molecule has 1 aromatic heterocycles. The molecule has 10 heteroatoms. The van der Waals surface area contributed by atoms with E-state index in [1.807, 2.05) is 6.92 Å². The normalized spacial score (nSPS) is 35.5. The number of nitrogens with zero attached hydrogens (tertiary/aromatic N) is 3. The zero-order valence-corrected chi connectivity index (χ0v) is 23.9. The Bertz CT molecular complexity index is 1730. The minimum Gasteiger partial charge on any atom is -0.355 e. The minimum atomic E-state index is -0.217. The Morgan fingerprint density at radius 2 is 1.61 bits per heavy atom. The monoisotopic (exact) mass is 587 g/mol. The Morgan fingerprint density at radius 1 is 0.951 bits per heavy atom. The van der Waals surface area contributed by atoms with Crippen molar-refractivity contribution in [2.45, 2.75) is 31.5 Å². The van der Waals surface area contributed by atoms with Gasteiger partial charge in [-0.1, -0.05) is 23.2 Å². The molecule has 208 valence electrons. The lowest BCUT2D eigenvalue weighted by Gasteiger charge is -3.07. The summed E-state index contributed by atoms with van der Waals surface area (Å²) in [6.07, 6.45) is 0.387. The van der Waals surface area contributed by atoms with Gasteiger partial charge in [0.25, 0.3) is 17.4 Å². The van der Waals surface area contributed by atoms with Crippen LogP contribution in [0.15, 0.2) is 47.3 Å². The van der Waals surface area contributed by atoms with Crippen LogP contribution in [0.1, 0.15) is 38.9 Å². The number of rotatable bonds is 5. The lowest BCUT2D eigenvalue weighted by Crippen LogP contribution is -3.10. The van der Waals surface area contributed by atoms with E-state index in [0.29, 0.717) is 68.2 Å². The molecule has 6 saturated carbocycles. The van der Waals surface area contributed by atoms with Gasteiger partial charge in [-0.25, -0.2) is 9.55 Å². The van der Waals surface area contributed by atoms with Gasteiger partial charge in [0.05, 0.1) is 33.5 Å². The van der Waals surface area contributed by atoms with Crippen LogP contribution in [0.25, 0.3) is 5.69 Å². The lowest BCUT2D eigenvalue weighted by atomic mass is 8.98. The van der Waals surface area contributed by atoms with Crippen LogP contribution in [0.4, 0.5) is 5.95 Å². The number of fused-ring (bicyclic) bond motifs is 1. The maximum atomic E-state index is 14.2. The number of amides is 2. The molecule has 0 saturated heterocycles. The number of hydrogen-bond donors (Lipinski definition) is 2. The van der Waals surface area contributed by atoms with Crippen molar-refractivity contribution in [2.75, 3.05) is 12.4 Å². The summed E-state index contributed by atoms with van der Waals surface area (Å²) in [6, 6.07) is 11.7. The number of carbonyl (C=O) groups excluding carboxylic acids is 2. The summed E-state index contributed by atoms with van der Waals surface area (Å²) in [5.41, 5.74) is 2.82. The third-order valence-corrected chi connectivity index (χ3v) is 12.2. The van der Waals surface area contributed by atoms with Gasteiger partial charge in [-0.3, -0.25) is 14.4 Å². The summed E-state index contributed by atoms with van der Waals surface area (Å²) in [5.74, 6) is 5.87. The minimum absolute atomic E-state index is 0.0731. The molecule has 1 atom stereocenters. The van der Waals surface area contributed by atoms with Crippen molar-refractivity contribution in [1.82, 2.24) is 19.8 Å². The van der Waals surface area contributed by atoms with Crippen LogP contribution in [0, 0.1) is 41.4 Å². The summed E-state index contributed by atoms with van der Waals surface area (Å²) in [5, 5.41) is 7.17. The molecule has 0 radical (unpaired) electrons. The predicted molar refractivity (Wildman–Crippen MR) is 154 cm³/mol. The first-order valence-electron chi connectivity index (χ1n) is 14.3. The van der Waals surface area contributed by atoms with E-state index in [1.54, 1.807) is 59.0 Å². The van der Waals surface area contributed by atoms with E-state index >= 15 is 0 Å². The fourth-order valence-corrected chi connectivity index (χ4v) is 10.1. The number of anilines is 1. The zero-order valence-electron chi connectivity index (χ0n) is 22.4. The highest BCUT2D eigenvalue weighted by Crippen LogP contribution is 3.02. The Kier molecular flexibility index (Phi) is 4.57. The molecule has 41 heavy (non-hydrogen) atoms. The highest BCUT2D eigenvalue weighted by atomic mass is 35.5. The quantitative estimate of drug-likeness (QED) is 0.470. The number of carbonyl (C=O) groups is 2. The summed E-state index contributed by atoms with van der Waals surface area (Å²) in [4.78, 5) is 46.8. The average Bonchev–Trinajstić information content (AvgIpc) is 2.98. The number of aromatic nitrogens is 2. The molecule has 7 aliphatic rings. The summed E-state index contributed by atoms with van der Waals surface area (Å²) in [7, 11) is 1.59. The van der Waals surface area contributed by atoms with Crippen molar-refractivity contribution < 1.29 is 9.59 Å². The molecule has 8 nitrogen and oxygen atoms in total. The molecule has 0 bridgehead atoms. The predicted octanol–water partition coefficient (Wildman–Crippen LogP) is 4.02. The maximum absolute atomic E-state index is 14.2. The van der Waals surface area contributed by atoms with E-state index in [1.165, 1.54) is 0 Å². The SMILES string of the molecule is CNC(=O)c1ccc(-n2c(NC34C5C6C7C5C3C7C64)nc3c(c2=O)C[C@@H](C)N(C(=O)c2ccc(Cl)c(Cl)c2)C3)cc1. The van der Waals surface area contributed by atoms with Gasteiger partial charge in [-0.15, -0.1) is 0 Å². The first-order chi connectivity index (χ1) is 19.8. The second-order valence-corrected chi connectivity index (χ2v) is 13.5. The molecular formula is C31H27Cl2N5O3. The second kappa shape index (κ2) is 7.72. The van der Waals surface area contributed by atoms with E-state index in [4.69, 9.17) is 28.2 Å². The van der Waals surface area contributed by atoms with E-state index in [-0.39, 0.29) is 35.5 Å². The van der Waals surface area contributed by atoms with Crippen LogP contribution < -0.4 is 16.2 Å². The molecular weight excluding hydrogens is 561 g/mol. The Morgan fingerprint density at radius 3 is 2.24 bits per heavy atom. The fourth-order valence-electron chi connectivity index (χ4n) is 9.83. The van der Waals surface area contributed by atoms with Gasteiger partial charge in [-0.05, 0) is 97.2 Å². The standard InChI is InChI=1S/C31H27Cl2N5O3/c1-12-9-16-19(11-37(12)28(40)14-5-8-17(32)18(33)10-14)35-30(36-31-24-21-20-22(24)26(31)23(20)25(21)31)38(29(16)41)15-6-3-13(4-7-15)27(39)34-2/h3-8,10,12,20-26H,9,11H2,1-2H3,(H,34,39)(H,35,36)/t12-,20?,21?,22?,23?,24?,25?,26?,31?/m1/s1. The topological polar surface area (TPSA) is 96.3 Å². The molecule has 6 fully saturated rings. The van der Waals surface area contributed by atoms with Gasteiger partial charge < -0.3 is 15.5 Å². The molecule has 10 rings (SSSR count). The first-order valence-corrected chi connectivity index (χ1v) is 15.0. The van der Waals surface area contributed by atoms with E-state index < -0.39 is 0 Å². The number of hydrogen-bond acceptors (Lipinski definition) is 5. The molecule has 6 aliphatic carbocycles. The van der Waals surface area contributed by atoms with Crippen LogP contribution in [0.3, 0.4) is 0 Å². The Hall–Kier alpha value is -3.36. The van der Waals surface area contributed by atoms with Crippen LogP contribution in [0.2, 0.25) is 10.0 Å². The van der Waals surface area contributed by atoms with E-state index in [0.717, 1.165) is 23.7 Å². The smallest absolute Gasteiger partial charge is 0.263 e. The Labute approximate surface area is 246 Å². The van der Waals surface area contributed by atoms with Gasteiger partial charge in [0.2, 0.25) is 5.95 Å². The highest BCUT2D eigenvalue weighted by molar-refractivity contribution is 6.42. The van der Waals surface area contributed by atoms with Crippen molar-refractivity contribution in [1.29, 1.82) is 0 Å². The van der Waals surface area contributed by atoms with Crippen molar-refractivity contribution in [3.8, 4) is 5.69 Å². The zero-order chi connectivity index (χ0) is 28.1. The summed E-state index contributed by atoms with van der Waals surface area (Å²) in [6.45, 7) is 2.18. The van der Waals surface area contributed by atoms with Crippen molar-refractivity contribution in [3.05, 3.63) is 85.2 Å². The number of halogens is 2. The molecule has 1 aliphatic heterocycles. The molecule has 2 N–H and O–H groups in total. The second-order valence-electron chi connectivity index (χ2n) is 12.7. The molecule has 2 heterocycles. The first kappa shape index (κ1) is 24.3. The molecule has 2 aromatic carbocycles. The lowest BCUT2D eigenvalue weighted by molar-refractivity contribution is -0.565. The van der Waals surface area contributed by atoms with Gasteiger partial charge in [0, 0.05) is 29.8 Å². The van der Waals surface area contributed by atoms with Gasteiger partial charge in [-0.2, -0.15) is 0 Å². The third kappa shape index (κ3) is 2.66. The van der Waals surface area contributed by atoms with Crippen molar-refractivity contribution in [3.63, 3.8) is 0 Å². The van der Waals surface area contributed by atoms with Crippen LogP contribution in [0.5, 0.6) is 0 Å². The van der Waals surface area contributed by atoms with Gasteiger partial charge in [0.1, 0.15) is 0 Å². The van der Waals surface area contributed by atoms with Gasteiger partial charge >= 0.3 is 0 Å². The fraction of sp³-hybridized carbons (Fsp3) is 0.419.